The predicted molar refractivity (Wildman–Crippen MR) is 70.4 cm³/mol. The number of halogens is 2. The molecule has 1 N–H and O–H groups in total. The van der Waals surface area contributed by atoms with Gasteiger partial charge in [0.2, 0.25) is 0 Å². The van der Waals surface area contributed by atoms with Gasteiger partial charge >= 0.3 is 0 Å². The fourth-order valence-corrected chi connectivity index (χ4v) is 3.99. The highest BCUT2D eigenvalue weighted by Gasteiger charge is 2.27. The van der Waals surface area contributed by atoms with E-state index in [2.05, 4.69) is 5.32 Å². The Kier molecular flexibility index (Phi) is 3.98. The van der Waals surface area contributed by atoms with Crippen LogP contribution in [-0.2, 0) is 16.4 Å². The molecule has 3 nitrogen and oxygen atoms in total. The van der Waals surface area contributed by atoms with Crippen LogP contribution < -0.4 is 5.32 Å². The van der Waals surface area contributed by atoms with Crippen molar-refractivity contribution in [2.45, 2.75) is 19.0 Å². The molecule has 1 aliphatic rings. The average molecular weight is 294 g/mol. The Labute approximate surface area is 111 Å². The van der Waals surface area contributed by atoms with E-state index in [0.29, 0.717) is 23.0 Å². The quantitative estimate of drug-likeness (QED) is 0.930. The Hall–Kier alpha value is -0.290. The predicted octanol–water partition coefficient (Wildman–Crippen LogP) is 2.27. The van der Waals surface area contributed by atoms with Gasteiger partial charge in [0, 0.05) is 12.6 Å². The molecule has 1 atom stereocenters. The van der Waals surface area contributed by atoms with Crippen LogP contribution >= 0.6 is 23.2 Å². The summed E-state index contributed by atoms with van der Waals surface area (Å²) in [6, 6.07) is 5.46. The van der Waals surface area contributed by atoms with Gasteiger partial charge in [-0.05, 0) is 18.1 Å². The monoisotopic (exact) mass is 293 g/mol. The van der Waals surface area contributed by atoms with Gasteiger partial charge in [-0.2, -0.15) is 0 Å². The standard InChI is InChI=1S/C11H13Cl2NO2S/c12-10-3-1-2-8(11(10)13)6-14-9-4-5-17(15,16)7-9/h1-3,9,14H,4-7H2. The third-order valence-electron chi connectivity index (χ3n) is 2.85. The van der Waals surface area contributed by atoms with Gasteiger partial charge in [0.25, 0.3) is 0 Å². The molecule has 0 aromatic heterocycles. The SMILES string of the molecule is O=S1(=O)CCC(NCc2cccc(Cl)c2Cl)C1. The highest BCUT2D eigenvalue weighted by molar-refractivity contribution is 7.91. The van der Waals surface area contributed by atoms with Crippen molar-refractivity contribution in [2.75, 3.05) is 11.5 Å². The molecule has 0 saturated carbocycles. The van der Waals surface area contributed by atoms with E-state index in [-0.39, 0.29) is 17.5 Å². The molecule has 0 bridgehead atoms. The summed E-state index contributed by atoms with van der Waals surface area (Å²) >= 11 is 11.9. The third kappa shape index (κ3) is 3.35. The molecular formula is C11H13Cl2NO2S. The van der Waals surface area contributed by atoms with Crippen LogP contribution in [0.1, 0.15) is 12.0 Å². The topological polar surface area (TPSA) is 46.2 Å². The summed E-state index contributed by atoms with van der Waals surface area (Å²) in [5.74, 6) is 0.485. The summed E-state index contributed by atoms with van der Waals surface area (Å²) in [4.78, 5) is 0. The van der Waals surface area contributed by atoms with Gasteiger partial charge in [0.15, 0.2) is 9.84 Å². The van der Waals surface area contributed by atoms with E-state index in [0.717, 1.165) is 5.56 Å². The number of rotatable bonds is 3. The lowest BCUT2D eigenvalue weighted by Gasteiger charge is -2.12. The second kappa shape index (κ2) is 5.14. The molecule has 0 amide bonds. The first-order valence-corrected chi connectivity index (χ1v) is 7.92. The van der Waals surface area contributed by atoms with Gasteiger partial charge < -0.3 is 5.32 Å². The molecule has 1 heterocycles. The van der Waals surface area contributed by atoms with Crippen LogP contribution in [0.5, 0.6) is 0 Å². The molecule has 1 aromatic carbocycles. The van der Waals surface area contributed by atoms with Crippen molar-refractivity contribution in [2.24, 2.45) is 0 Å². The second-order valence-electron chi connectivity index (χ2n) is 4.19. The zero-order valence-corrected chi connectivity index (χ0v) is 11.4. The van der Waals surface area contributed by atoms with Crippen molar-refractivity contribution in [3.8, 4) is 0 Å². The maximum atomic E-state index is 11.3. The van der Waals surface area contributed by atoms with Gasteiger partial charge in [-0.25, -0.2) is 8.42 Å². The van der Waals surface area contributed by atoms with E-state index in [4.69, 9.17) is 23.2 Å². The van der Waals surface area contributed by atoms with Crippen molar-refractivity contribution < 1.29 is 8.42 Å². The van der Waals surface area contributed by atoms with Crippen molar-refractivity contribution in [3.63, 3.8) is 0 Å². The zero-order valence-electron chi connectivity index (χ0n) is 9.12. The maximum absolute atomic E-state index is 11.3. The molecular weight excluding hydrogens is 281 g/mol. The van der Waals surface area contributed by atoms with Gasteiger partial charge in [-0.1, -0.05) is 35.3 Å². The van der Waals surface area contributed by atoms with Crippen LogP contribution in [0.4, 0.5) is 0 Å². The fourth-order valence-electron chi connectivity index (χ4n) is 1.90. The molecule has 1 unspecified atom stereocenters. The van der Waals surface area contributed by atoms with Gasteiger partial charge in [0.1, 0.15) is 0 Å². The molecule has 17 heavy (non-hydrogen) atoms. The van der Waals surface area contributed by atoms with E-state index >= 15 is 0 Å². The minimum atomic E-state index is -2.84. The minimum Gasteiger partial charge on any atom is -0.309 e. The Morgan fingerprint density at radius 3 is 2.76 bits per heavy atom. The first-order chi connectivity index (χ1) is 7.98. The first kappa shape index (κ1) is 13.1. The molecule has 6 heteroatoms. The number of hydrogen-bond donors (Lipinski definition) is 1. The molecule has 1 aromatic rings. The van der Waals surface area contributed by atoms with Crippen LogP contribution in [0.3, 0.4) is 0 Å². The summed E-state index contributed by atoms with van der Waals surface area (Å²) in [6.07, 6.45) is 0.667. The minimum absolute atomic E-state index is 0.0232. The molecule has 1 saturated heterocycles. The number of nitrogens with one attached hydrogen (secondary N) is 1. The van der Waals surface area contributed by atoms with Crippen LogP contribution in [-0.4, -0.2) is 26.0 Å². The normalized spacial score (nSPS) is 22.8. The molecule has 0 radical (unpaired) electrons. The Bertz CT molecular complexity index is 516. The highest BCUT2D eigenvalue weighted by atomic mass is 35.5. The molecule has 1 fully saturated rings. The highest BCUT2D eigenvalue weighted by Crippen LogP contribution is 2.25. The summed E-state index contributed by atoms with van der Waals surface area (Å²) in [5.41, 5.74) is 0.892. The lowest BCUT2D eigenvalue weighted by molar-refractivity contribution is 0.554. The molecule has 1 aliphatic heterocycles. The number of sulfone groups is 1. The van der Waals surface area contributed by atoms with Gasteiger partial charge in [-0.15, -0.1) is 0 Å². The third-order valence-corrected chi connectivity index (χ3v) is 5.47. The molecule has 0 spiro atoms. The van der Waals surface area contributed by atoms with Crippen LogP contribution in [0.15, 0.2) is 18.2 Å². The van der Waals surface area contributed by atoms with E-state index in [1.54, 1.807) is 6.07 Å². The summed E-state index contributed by atoms with van der Waals surface area (Å²) in [7, 11) is -2.84. The van der Waals surface area contributed by atoms with Crippen molar-refractivity contribution in [1.29, 1.82) is 0 Å². The largest absolute Gasteiger partial charge is 0.309 e. The van der Waals surface area contributed by atoms with E-state index in [9.17, 15) is 8.42 Å². The van der Waals surface area contributed by atoms with Crippen molar-refractivity contribution in [1.82, 2.24) is 5.32 Å². The molecule has 94 valence electrons. The summed E-state index contributed by atoms with van der Waals surface area (Å²) < 4.78 is 22.6. The van der Waals surface area contributed by atoms with E-state index in [1.165, 1.54) is 0 Å². The Morgan fingerprint density at radius 2 is 2.12 bits per heavy atom. The number of hydrogen-bond acceptors (Lipinski definition) is 3. The van der Waals surface area contributed by atoms with E-state index in [1.807, 2.05) is 12.1 Å². The average Bonchev–Trinajstić information content (AvgIpc) is 2.61. The molecule has 2 rings (SSSR count). The van der Waals surface area contributed by atoms with Crippen molar-refractivity contribution >= 4 is 33.0 Å². The van der Waals surface area contributed by atoms with Crippen LogP contribution in [0.25, 0.3) is 0 Å². The van der Waals surface area contributed by atoms with Crippen LogP contribution in [0.2, 0.25) is 10.0 Å². The van der Waals surface area contributed by atoms with E-state index < -0.39 is 9.84 Å². The van der Waals surface area contributed by atoms with Gasteiger partial charge in [-0.3, -0.25) is 0 Å². The molecule has 0 aliphatic carbocycles. The van der Waals surface area contributed by atoms with Gasteiger partial charge in [0.05, 0.1) is 21.6 Å². The Morgan fingerprint density at radius 1 is 1.35 bits per heavy atom. The lowest BCUT2D eigenvalue weighted by Crippen LogP contribution is -2.29. The van der Waals surface area contributed by atoms with Crippen LogP contribution in [0, 0.1) is 0 Å². The first-order valence-electron chi connectivity index (χ1n) is 5.34. The Balaban J connectivity index is 1.97. The zero-order chi connectivity index (χ0) is 12.5. The fraction of sp³-hybridized carbons (Fsp3) is 0.455. The smallest absolute Gasteiger partial charge is 0.151 e. The summed E-state index contributed by atoms with van der Waals surface area (Å²) in [6.45, 7) is 0.541. The van der Waals surface area contributed by atoms with Crippen molar-refractivity contribution in [3.05, 3.63) is 33.8 Å². The number of benzene rings is 1. The maximum Gasteiger partial charge on any atom is 0.151 e. The lowest BCUT2D eigenvalue weighted by atomic mass is 10.2. The second-order valence-corrected chi connectivity index (χ2v) is 7.21. The summed E-state index contributed by atoms with van der Waals surface area (Å²) in [5, 5.41) is 4.25.